The van der Waals surface area contributed by atoms with Crippen molar-refractivity contribution in [2.24, 2.45) is 0 Å². The van der Waals surface area contributed by atoms with Crippen molar-refractivity contribution >= 4 is 11.6 Å². The molecule has 0 unspecified atom stereocenters. The summed E-state index contributed by atoms with van der Waals surface area (Å²) in [5.74, 6) is 1.24. The molecule has 0 aliphatic rings. The van der Waals surface area contributed by atoms with Crippen LogP contribution in [-0.2, 0) is 4.74 Å². The Bertz CT molecular complexity index is 267. The Morgan fingerprint density at radius 1 is 1.50 bits per heavy atom. The normalized spacial score (nSPS) is 10.1. The highest BCUT2D eigenvalue weighted by atomic mass is 16.5. The fourth-order valence-corrected chi connectivity index (χ4v) is 1.00. The van der Waals surface area contributed by atoms with Crippen LogP contribution in [0.2, 0.25) is 0 Å². The number of nitrogens with zero attached hydrogens (tertiary/aromatic N) is 2. The molecule has 0 fully saturated rings. The number of hydrogen-bond donors (Lipinski definition) is 2. The summed E-state index contributed by atoms with van der Waals surface area (Å²) >= 11 is 0. The first-order chi connectivity index (χ1) is 6.83. The van der Waals surface area contributed by atoms with Crippen LogP contribution in [0.1, 0.15) is 13.3 Å². The summed E-state index contributed by atoms with van der Waals surface area (Å²) < 4.78 is 5.20. The van der Waals surface area contributed by atoms with E-state index in [0.29, 0.717) is 5.82 Å². The Kier molecular flexibility index (Phi) is 4.71. The Balaban J connectivity index is 2.18. The number of nitrogens with one attached hydrogen (secondary N) is 1. The van der Waals surface area contributed by atoms with Gasteiger partial charge in [0.1, 0.15) is 18.0 Å². The van der Waals surface area contributed by atoms with Crippen molar-refractivity contribution in [1.82, 2.24) is 9.97 Å². The summed E-state index contributed by atoms with van der Waals surface area (Å²) in [5.41, 5.74) is 5.49. The maximum absolute atomic E-state index is 5.49. The third-order valence-electron chi connectivity index (χ3n) is 1.66. The predicted molar refractivity (Wildman–Crippen MR) is 56.0 cm³/mol. The van der Waals surface area contributed by atoms with Crippen LogP contribution in [0.4, 0.5) is 11.6 Å². The molecule has 3 N–H and O–H groups in total. The molecule has 14 heavy (non-hydrogen) atoms. The molecule has 0 bridgehead atoms. The van der Waals surface area contributed by atoms with Gasteiger partial charge in [0.15, 0.2) is 0 Å². The van der Waals surface area contributed by atoms with E-state index in [0.717, 1.165) is 32.0 Å². The Labute approximate surface area is 83.7 Å². The average molecular weight is 196 g/mol. The number of hydrogen-bond acceptors (Lipinski definition) is 5. The maximum atomic E-state index is 5.49. The number of nitrogen functional groups attached to an aromatic ring is 1. The quantitative estimate of drug-likeness (QED) is 0.661. The van der Waals surface area contributed by atoms with Crippen molar-refractivity contribution in [2.45, 2.75) is 13.3 Å². The van der Waals surface area contributed by atoms with Crippen LogP contribution in [0.25, 0.3) is 0 Å². The second-order valence-corrected chi connectivity index (χ2v) is 2.81. The Hall–Kier alpha value is -1.36. The molecular weight excluding hydrogens is 180 g/mol. The van der Waals surface area contributed by atoms with Gasteiger partial charge in [0.05, 0.1) is 0 Å². The van der Waals surface area contributed by atoms with Crippen LogP contribution in [-0.4, -0.2) is 29.7 Å². The van der Waals surface area contributed by atoms with E-state index in [1.54, 1.807) is 6.07 Å². The molecule has 78 valence electrons. The van der Waals surface area contributed by atoms with Crippen molar-refractivity contribution in [3.8, 4) is 0 Å². The number of nitrogens with two attached hydrogens (primary N) is 1. The van der Waals surface area contributed by atoms with E-state index in [1.165, 1.54) is 6.33 Å². The molecule has 0 saturated carbocycles. The lowest BCUT2D eigenvalue weighted by Crippen LogP contribution is -2.07. The zero-order valence-electron chi connectivity index (χ0n) is 8.36. The predicted octanol–water partition coefficient (Wildman–Crippen LogP) is 0.897. The standard InChI is InChI=1S/C9H16N4O/c1-2-14-5-3-4-11-9-6-8(10)12-7-13-9/h6-7H,2-5H2,1H3,(H3,10,11,12,13). The molecule has 0 aromatic carbocycles. The first kappa shape index (κ1) is 10.7. The molecule has 0 atom stereocenters. The van der Waals surface area contributed by atoms with Gasteiger partial charge in [-0.2, -0.15) is 0 Å². The van der Waals surface area contributed by atoms with Crippen LogP contribution in [0, 0.1) is 0 Å². The molecule has 1 heterocycles. The molecule has 0 saturated heterocycles. The van der Waals surface area contributed by atoms with Crippen LogP contribution < -0.4 is 11.1 Å². The SMILES string of the molecule is CCOCCCNc1cc(N)ncn1. The van der Waals surface area contributed by atoms with E-state index in [4.69, 9.17) is 10.5 Å². The minimum atomic E-state index is 0.479. The third-order valence-corrected chi connectivity index (χ3v) is 1.66. The molecule has 0 aliphatic heterocycles. The Morgan fingerprint density at radius 3 is 3.07 bits per heavy atom. The lowest BCUT2D eigenvalue weighted by atomic mass is 10.4. The second-order valence-electron chi connectivity index (χ2n) is 2.81. The maximum Gasteiger partial charge on any atom is 0.131 e. The van der Waals surface area contributed by atoms with Gasteiger partial charge in [-0.15, -0.1) is 0 Å². The summed E-state index contributed by atoms with van der Waals surface area (Å²) in [5, 5.41) is 3.13. The molecule has 1 rings (SSSR count). The van der Waals surface area contributed by atoms with Crippen molar-refractivity contribution in [2.75, 3.05) is 30.8 Å². The fraction of sp³-hybridized carbons (Fsp3) is 0.556. The molecule has 1 aromatic rings. The summed E-state index contributed by atoms with van der Waals surface area (Å²) in [6.45, 7) is 4.35. The zero-order chi connectivity index (χ0) is 10.2. The van der Waals surface area contributed by atoms with E-state index in [9.17, 15) is 0 Å². The lowest BCUT2D eigenvalue weighted by Gasteiger charge is -2.05. The van der Waals surface area contributed by atoms with Crippen molar-refractivity contribution in [3.05, 3.63) is 12.4 Å². The second kappa shape index (κ2) is 6.15. The van der Waals surface area contributed by atoms with Crippen LogP contribution in [0.15, 0.2) is 12.4 Å². The number of aromatic nitrogens is 2. The molecule has 5 nitrogen and oxygen atoms in total. The summed E-state index contributed by atoms with van der Waals surface area (Å²) in [6, 6.07) is 1.71. The molecule has 0 amide bonds. The van der Waals surface area contributed by atoms with Gasteiger partial charge in [-0.05, 0) is 13.3 Å². The van der Waals surface area contributed by atoms with Crippen molar-refractivity contribution in [1.29, 1.82) is 0 Å². The van der Waals surface area contributed by atoms with Crippen molar-refractivity contribution in [3.63, 3.8) is 0 Å². The summed E-state index contributed by atoms with van der Waals surface area (Å²) in [7, 11) is 0. The van der Waals surface area contributed by atoms with Gasteiger partial charge in [-0.1, -0.05) is 0 Å². The topological polar surface area (TPSA) is 73.1 Å². The molecule has 0 spiro atoms. The van der Waals surface area contributed by atoms with E-state index in [1.807, 2.05) is 6.92 Å². The number of rotatable bonds is 6. The molecule has 1 aromatic heterocycles. The van der Waals surface area contributed by atoms with E-state index >= 15 is 0 Å². The van der Waals surface area contributed by atoms with Gasteiger partial charge in [-0.25, -0.2) is 9.97 Å². The van der Waals surface area contributed by atoms with Crippen LogP contribution in [0.3, 0.4) is 0 Å². The highest BCUT2D eigenvalue weighted by molar-refractivity contribution is 5.42. The van der Waals surface area contributed by atoms with Gasteiger partial charge in [-0.3, -0.25) is 0 Å². The molecular formula is C9H16N4O. The van der Waals surface area contributed by atoms with Gasteiger partial charge in [0.2, 0.25) is 0 Å². The van der Waals surface area contributed by atoms with Gasteiger partial charge >= 0.3 is 0 Å². The lowest BCUT2D eigenvalue weighted by molar-refractivity contribution is 0.147. The Morgan fingerprint density at radius 2 is 2.36 bits per heavy atom. The van der Waals surface area contributed by atoms with Crippen LogP contribution in [0.5, 0.6) is 0 Å². The minimum absolute atomic E-state index is 0.479. The minimum Gasteiger partial charge on any atom is -0.384 e. The first-order valence-corrected chi connectivity index (χ1v) is 4.72. The third kappa shape index (κ3) is 4.04. The van der Waals surface area contributed by atoms with E-state index < -0.39 is 0 Å². The van der Waals surface area contributed by atoms with Gasteiger partial charge in [0, 0.05) is 25.8 Å². The average Bonchev–Trinajstić information content (AvgIpc) is 2.18. The summed E-state index contributed by atoms with van der Waals surface area (Å²) in [4.78, 5) is 7.81. The highest BCUT2D eigenvalue weighted by Crippen LogP contribution is 2.04. The zero-order valence-corrected chi connectivity index (χ0v) is 8.36. The van der Waals surface area contributed by atoms with Crippen molar-refractivity contribution < 1.29 is 4.74 Å². The molecule has 0 aliphatic carbocycles. The monoisotopic (exact) mass is 196 g/mol. The van der Waals surface area contributed by atoms with E-state index in [-0.39, 0.29) is 0 Å². The fourth-order valence-electron chi connectivity index (χ4n) is 1.00. The highest BCUT2D eigenvalue weighted by Gasteiger charge is 1.94. The van der Waals surface area contributed by atoms with E-state index in [2.05, 4.69) is 15.3 Å². The molecule has 5 heteroatoms. The largest absolute Gasteiger partial charge is 0.384 e. The van der Waals surface area contributed by atoms with Gasteiger partial charge in [0.25, 0.3) is 0 Å². The number of anilines is 2. The van der Waals surface area contributed by atoms with Crippen LogP contribution >= 0.6 is 0 Å². The smallest absolute Gasteiger partial charge is 0.131 e. The number of ether oxygens (including phenoxy) is 1. The molecule has 0 radical (unpaired) electrons. The first-order valence-electron chi connectivity index (χ1n) is 4.72. The summed E-state index contributed by atoms with van der Waals surface area (Å²) in [6.07, 6.45) is 2.40. The van der Waals surface area contributed by atoms with Gasteiger partial charge < -0.3 is 15.8 Å².